The van der Waals surface area contributed by atoms with Crippen LogP contribution in [0.1, 0.15) is 26.3 Å². The molecule has 0 spiro atoms. The minimum atomic E-state index is 0.136. The summed E-state index contributed by atoms with van der Waals surface area (Å²) in [6, 6.07) is 66.5. The van der Waals surface area contributed by atoms with Crippen molar-refractivity contribution in [2.45, 2.75) is 26.2 Å². The van der Waals surface area contributed by atoms with Crippen LogP contribution in [0.3, 0.4) is 0 Å². The topological polar surface area (TPSA) is 16.4 Å². The van der Waals surface area contributed by atoms with Crippen LogP contribution in [0.2, 0.25) is 0 Å². The predicted molar refractivity (Wildman–Crippen MR) is 237 cm³/mol. The monoisotopic (exact) mass is 717 g/mol. The molecule has 0 saturated heterocycles. The summed E-state index contributed by atoms with van der Waals surface area (Å²) >= 11 is 0. The van der Waals surface area contributed by atoms with Crippen LogP contribution in [-0.4, -0.2) is 0 Å². The van der Waals surface area contributed by atoms with Crippen LogP contribution in [0.15, 0.2) is 186 Å². The third kappa shape index (κ3) is 5.25. The minimum Gasteiger partial charge on any atom is -0.454 e. The normalized spacial score (nSPS) is 12.2. The molecule has 0 fully saturated rings. The van der Waals surface area contributed by atoms with Gasteiger partial charge in [-0.05, 0) is 144 Å². The molecule has 0 amide bonds. The van der Waals surface area contributed by atoms with Gasteiger partial charge in [-0.25, -0.2) is 0 Å². The maximum atomic E-state index is 6.64. The van der Waals surface area contributed by atoms with Crippen molar-refractivity contribution in [3.63, 3.8) is 0 Å². The van der Waals surface area contributed by atoms with E-state index in [9.17, 15) is 0 Å². The SMILES string of the molecule is CC(C)(C)c1ccc(-c2ccc3cc4c(cc3c2)-c2cc3cc(N(c5cccc(-c6ccccc6)c5)c5cccc6c5oc5ccccc56)ccc3cc2-4)cc1. The number of furan rings is 1. The Bertz CT molecular complexity index is 3160. The molecular formula is C54H39NO. The third-order valence-electron chi connectivity index (χ3n) is 11.7. The van der Waals surface area contributed by atoms with Crippen molar-refractivity contribution >= 4 is 60.5 Å². The van der Waals surface area contributed by atoms with Crippen LogP contribution in [0.5, 0.6) is 0 Å². The standard InChI is InChI=1S/C54H39NO/c1-54(2,3)42-24-21-35(22-25-42)37-19-20-38-30-47-48-31-39-23-26-44(29-41(39)33-50(48)49(47)32-40(38)27-37)55(43-14-9-13-36(28-43)34-11-5-4-6-12-34)51-17-10-16-46-45-15-7-8-18-52(45)56-53(46)51/h4-33H,1-3H3. The maximum absolute atomic E-state index is 6.64. The molecule has 11 rings (SSSR count). The van der Waals surface area contributed by atoms with E-state index in [0.29, 0.717) is 0 Å². The lowest BCUT2D eigenvalue weighted by molar-refractivity contribution is 0.590. The third-order valence-corrected chi connectivity index (χ3v) is 11.7. The van der Waals surface area contributed by atoms with Gasteiger partial charge in [0.05, 0.1) is 5.69 Å². The van der Waals surface area contributed by atoms with E-state index in [1.807, 2.05) is 6.07 Å². The van der Waals surface area contributed by atoms with Crippen molar-refractivity contribution in [1.29, 1.82) is 0 Å². The molecule has 0 saturated carbocycles. The second-order valence-corrected chi connectivity index (χ2v) is 16.2. The second-order valence-electron chi connectivity index (χ2n) is 16.2. The number of fused-ring (bicyclic) bond motifs is 9. The Labute approximate surface area is 326 Å². The predicted octanol–water partition coefficient (Wildman–Crippen LogP) is 15.6. The van der Waals surface area contributed by atoms with Crippen molar-refractivity contribution in [3.05, 3.63) is 188 Å². The van der Waals surface area contributed by atoms with Gasteiger partial charge in [0.2, 0.25) is 0 Å². The van der Waals surface area contributed by atoms with E-state index in [2.05, 4.69) is 202 Å². The molecule has 0 radical (unpaired) electrons. The summed E-state index contributed by atoms with van der Waals surface area (Å²) in [6.07, 6.45) is 0. The highest BCUT2D eigenvalue weighted by Gasteiger charge is 2.25. The summed E-state index contributed by atoms with van der Waals surface area (Å²) in [6.45, 7) is 6.80. The lowest BCUT2D eigenvalue weighted by Gasteiger charge is -2.28. The zero-order valence-corrected chi connectivity index (χ0v) is 31.7. The molecule has 1 heterocycles. The van der Waals surface area contributed by atoms with E-state index in [4.69, 9.17) is 4.42 Å². The number of benzene rings is 9. The fraction of sp³-hybridized carbons (Fsp3) is 0.0741. The zero-order valence-electron chi connectivity index (χ0n) is 31.7. The zero-order chi connectivity index (χ0) is 37.5. The Kier molecular flexibility index (Phi) is 7.15. The molecule has 1 aromatic heterocycles. The second kappa shape index (κ2) is 12.3. The van der Waals surface area contributed by atoms with Gasteiger partial charge in [-0.3, -0.25) is 0 Å². The summed E-state index contributed by atoms with van der Waals surface area (Å²) in [7, 11) is 0. The summed E-state index contributed by atoms with van der Waals surface area (Å²) in [5.41, 5.74) is 16.5. The highest BCUT2D eigenvalue weighted by atomic mass is 16.3. The quantitative estimate of drug-likeness (QED) is 0.176. The lowest BCUT2D eigenvalue weighted by atomic mass is 9.77. The molecular weight excluding hydrogens is 679 g/mol. The van der Waals surface area contributed by atoms with E-state index in [1.54, 1.807) is 0 Å². The van der Waals surface area contributed by atoms with Crippen LogP contribution < -0.4 is 4.90 Å². The van der Waals surface area contributed by atoms with Crippen molar-refractivity contribution < 1.29 is 4.42 Å². The fourth-order valence-electron chi connectivity index (χ4n) is 8.68. The summed E-state index contributed by atoms with van der Waals surface area (Å²) in [5.74, 6) is 0. The molecule has 0 N–H and O–H groups in total. The molecule has 10 aromatic rings. The highest BCUT2D eigenvalue weighted by molar-refractivity contribution is 6.13. The van der Waals surface area contributed by atoms with E-state index in [1.165, 1.54) is 71.6 Å². The largest absolute Gasteiger partial charge is 0.454 e. The first-order chi connectivity index (χ1) is 27.4. The first-order valence-corrected chi connectivity index (χ1v) is 19.5. The van der Waals surface area contributed by atoms with Gasteiger partial charge in [-0.2, -0.15) is 0 Å². The maximum Gasteiger partial charge on any atom is 0.159 e. The van der Waals surface area contributed by atoms with Gasteiger partial charge >= 0.3 is 0 Å². The van der Waals surface area contributed by atoms with Crippen LogP contribution in [0.25, 0.3) is 88.0 Å². The van der Waals surface area contributed by atoms with Gasteiger partial charge in [0.1, 0.15) is 5.58 Å². The highest BCUT2D eigenvalue weighted by Crippen LogP contribution is 2.51. The van der Waals surface area contributed by atoms with Crippen LogP contribution in [-0.2, 0) is 5.41 Å². The number of nitrogens with zero attached hydrogens (tertiary/aromatic N) is 1. The van der Waals surface area contributed by atoms with Gasteiger partial charge in [0.15, 0.2) is 5.58 Å². The van der Waals surface area contributed by atoms with Crippen LogP contribution in [0, 0.1) is 0 Å². The molecule has 266 valence electrons. The minimum absolute atomic E-state index is 0.136. The molecule has 9 aromatic carbocycles. The molecule has 2 heteroatoms. The van der Waals surface area contributed by atoms with Crippen molar-refractivity contribution in [2.75, 3.05) is 4.90 Å². The van der Waals surface area contributed by atoms with Crippen LogP contribution in [0.4, 0.5) is 17.1 Å². The van der Waals surface area contributed by atoms with Gasteiger partial charge in [-0.1, -0.05) is 136 Å². The Morgan fingerprint density at radius 1 is 0.393 bits per heavy atom. The molecule has 56 heavy (non-hydrogen) atoms. The van der Waals surface area contributed by atoms with Crippen molar-refractivity contribution in [3.8, 4) is 44.5 Å². The first-order valence-electron chi connectivity index (χ1n) is 19.5. The first kappa shape index (κ1) is 32.5. The average Bonchev–Trinajstić information content (AvgIpc) is 3.62. The molecule has 0 bridgehead atoms. The van der Waals surface area contributed by atoms with E-state index in [0.717, 1.165) is 39.0 Å². The fourth-order valence-corrected chi connectivity index (χ4v) is 8.68. The van der Waals surface area contributed by atoms with Crippen LogP contribution >= 0.6 is 0 Å². The van der Waals surface area contributed by atoms with Gasteiger partial charge in [0, 0.05) is 22.1 Å². The summed E-state index contributed by atoms with van der Waals surface area (Å²) in [4.78, 5) is 2.35. The number of hydrogen-bond donors (Lipinski definition) is 0. The number of anilines is 3. The summed E-state index contributed by atoms with van der Waals surface area (Å²) < 4.78 is 6.64. The Balaban J connectivity index is 1.03. The number of para-hydroxylation sites is 2. The number of rotatable bonds is 5. The molecule has 1 aliphatic carbocycles. The molecule has 0 atom stereocenters. The summed E-state index contributed by atoms with van der Waals surface area (Å²) in [5, 5.41) is 7.21. The van der Waals surface area contributed by atoms with Gasteiger partial charge < -0.3 is 9.32 Å². The average molecular weight is 718 g/mol. The Hall–Kier alpha value is -6.90. The van der Waals surface area contributed by atoms with Crippen molar-refractivity contribution in [1.82, 2.24) is 0 Å². The van der Waals surface area contributed by atoms with Gasteiger partial charge in [0.25, 0.3) is 0 Å². The molecule has 0 aliphatic heterocycles. The lowest BCUT2D eigenvalue weighted by Crippen LogP contribution is -2.10. The van der Waals surface area contributed by atoms with Gasteiger partial charge in [-0.15, -0.1) is 0 Å². The Morgan fingerprint density at radius 2 is 0.946 bits per heavy atom. The molecule has 0 unspecified atom stereocenters. The smallest absolute Gasteiger partial charge is 0.159 e. The Morgan fingerprint density at radius 3 is 1.70 bits per heavy atom. The van der Waals surface area contributed by atoms with Crippen molar-refractivity contribution in [2.24, 2.45) is 0 Å². The number of hydrogen-bond acceptors (Lipinski definition) is 2. The van der Waals surface area contributed by atoms with E-state index >= 15 is 0 Å². The van der Waals surface area contributed by atoms with E-state index < -0.39 is 0 Å². The molecule has 1 aliphatic rings. The molecule has 2 nitrogen and oxygen atoms in total. The van der Waals surface area contributed by atoms with E-state index in [-0.39, 0.29) is 5.41 Å².